The van der Waals surface area contributed by atoms with Gasteiger partial charge in [-0.15, -0.1) is 24.8 Å². The van der Waals surface area contributed by atoms with E-state index >= 15 is 0 Å². The highest BCUT2D eigenvalue weighted by Crippen LogP contribution is 2.38. The van der Waals surface area contributed by atoms with Gasteiger partial charge in [0, 0.05) is 24.9 Å². The molecule has 1 aromatic heterocycles. The van der Waals surface area contributed by atoms with E-state index < -0.39 is 17.7 Å². The van der Waals surface area contributed by atoms with Gasteiger partial charge in [-0.2, -0.15) is 0 Å². The summed E-state index contributed by atoms with van der Waals surface area (Å²) in [5.41, 5.74) is 9.87. The van der Waals surface area contributed by atoms with Crippen molar-refractivity contribution in [2.24, 2.45) is 17.6 Å². The van der Waals surface area contributed by atoms with E-state index in [-0.39, 0.29) is 49.6 Å². The van der Waals surface area contributed by atoms with Crippen LogP contribution in [0.2, 0.25) is 0 Å². The molecule has 0 spiro atoms. The summed E-state index contributed by atoms with van der Waals surface area (Å²) in [4.78, 5) is 47.6. The predicted molar refractivity (Wildman–Crippen MR) is 163 cm³/mol. The van der Waals surface area contributed by atoms with E-state index in [1.54, 1.807) is 41.2 Å². The molecule has 0 fully saturated rings. The second-order valence-corrected chi connectivity index (χ2v) is 9.83. The Hall–Kier alpha value is -3.94. The number of hydrogen-bond acceptors (Lipinski definition) is 4. The third-order valence-electron chi connectivity index (χ3n) is 7.47. The Kier molecular flexibility index (Phi) is 9.90. The van der Waals surface area contributed by atoms with Crippen LogP contribution in [0.5, 0.6) is 0 Å². The van der Waals surface area contributed by atoms with Gasteiger partial charge >= 0.3 is 0 Å². The fourth-order valence-corrected chi connectivity index (χ4v) is 5.17. The van der Waals surface area contributed by atoms with Gasteiger partial charge in [0.15, 0.2) is 0 Å². The summed E-state index contributed by atoms with van der Waals surface area (Å²) >= 11 is 0. The van der Waals surface area contributed by atoms with Gasteiger partial charge in [-0.1, -0.05) is 55.5 Å². The summed E-state index contributed by atoms with van der Waals surface area (Å²) in [6.45, 7) is 4.06. The van der Waals surface area contributed by atoms with E-state index in [4.69, 9.17) is 5.73 Å². The Morgan fingerprint density at radius 1 is 0.950 bits per heavy atom. The molecular formula is C31H32Cl2N4O3. The zero-order valence-electron chi connectivity index (χ0n) is 22.3. The van der Waals surface area contributed by atoms with E-state index in [0.29, 0.717) is 17.9 Å². The van der Waals surface area contributed by atoms with Crippen molar-refractivity contribution in [2.75, 3.05) is 16.3 Å². The van der Waals surface area contributed by atoms with Crippen LogP contribution in [0.4, 0.5) is 11.4 Å². The molecule has 0 radical (unpaired) electrons. The number of halogens is 2. The molecule has 5 rings (SSSR count). The van der Waals surface area contributed by atoms with Crippen molar-refractivity contribution in [3.05, 3.63) is 102 Å². The van der Waals surface area contributed by atoms with Gasteiger partial charge in [-0.25, -0.2) is 0 Å². The number of nitrogens with two attached hydrogens (primary N) is 1. The van der Waals surface area contributed by atoms with Crippen molar-refractivity contribution in [1.29, 1.82) is 0 Å². The highest BCUT2D eigenvalue weighted by Gasteiger charge is 2.40. The standard InChI is InChI=1S/C31H30N4O3.2ClH/c1-20-11-12-23-7-3-4-8-24(23)25(20)18-35-28-10-6-5-9-27(28)34(19-26(31(35)38)21(2)30(32)37)29(36)17-22-13-15-33-16-14-22;;/h3-16,21,26H,17-19H2,1-2H3,(H2,32,37);2*1H/t21?,26-;;/m1../s1. The number of carbonyl (C=O) groups is 3. The van der Waals surface area contributed by atoms with E-state index in [9.17, 15) is 14.4 Å². The lowest BCUT2D eigenvalue weighted by Crippen LogP contribution is -2.45. The summed E-state index contributed by atoms with van der Waals surface area (Å²) in [7, 11) is 0. The maximum atomic E-state index is 14.2. The second-order valence-electron chi connectivity index (χ2n) is 9.83. The zero-order valence-corrected chi connectivity index (χ0v) is 24.0. The molecule has 1 unspecified atom stereocenters. The average molecular weight is 580 g/mol. The number of carbonyl (C=O) groups excluding carboxylic acids is 3. The first kappa shape index (κ1) is 30.6. The molecular weight excluding hydrogens is 547 g/mol. The third kappa shape index (κ3) is 5.96. The van der Waals surface area contributed by atoms with Gasteiger partial charge in [0.2, 0.25) is 17.7 Å². The molecule has 1 aliphatic rings. The maximum Gasteiger partial charge on any atom is 0.233 e. The number of aromatic nitrogens is 1. The van der Waals surface area contributed by atoms with Crippen molar-refractivity contribution in [3.63, 3.8) is 0 Å². The van der Waals surface area contributed by atoms with Gasteiger partial charge in [-0.05, 0) is 58.7 Å². The molecule has 208 valence electrons. The minimum absolute atomic E-state index is 0. The van der Waals surface area contributed by atoms with Crippen LogP contribution in [-0.4, -0.2) is 29.3 Å². The topological polar surface area (TPSA) is 96.6 Å². The summed E-state index contributed by atoms with van der Waals surface area (Å²) < 4.78 is 0. The number of amides is 3. The molecule has 2 atom stereocenters. The average Bonchev–Trinajstić information content (AvgIpc) is 3.05. The number of anilines is 2. The lowest BCUT2D eigenvalue weighted by atomic mass is 9.91. The molecule has 9 heteroatoms. The SMILES string of the molecule is Cc1ccc2ccccc2c1CN1C(=O)[C@@H](C(C)C(N)=O)CN(C(=O)Cc2ccncc2)c2ccccc21.Cl.Cl. The van der Waals surface area contributed by atoms with Crippen molar-refractivity contribution < 1.29 is 14.4 Å². The molecule has 2 N–H and O–H groups in total. The van der Waals surface area contributed by atoms with Crippen molar-refractivity contribution >= 4 is 64.7 Å². The molecule has 7 nitrogen and oxygen atoms in total. The number of benzene rings is 3. The second kappa shape index (κ2) is 12.9. The Labute approximate surface area is 246 Å². The van der Waals surface area contributed by atoms with Crippen LogP contribution in [0, 0.1) is 18.8 Å². The number of aryl methyl sites for hydroxylation is 1. The monoisotopic (exact) mass is 578 g/mol. The Balaban J connectivity index is 0.00000220. The summed E-state index contributed by atoms with van der Waals surface area (Å²) in [6, 6.07) is 23.2. The quantitative estimate of drug-likeness (QED) is 0.338. The van der Waals surface area contributed by atoms with Gasteiger partial charge in [0.1, 0.15) is 0 Å². The minimum atomic E-state index is -0.795. The summed E-state index contributed by atoms with van der Waals surface area (Å²) in [6.07, 6.45) is 3.44. The lowest BCUT2D eigenvalue weighted by Gasteiger charge is -2.28. The van der Waals surface area contributed by atoms with Crippen LogP contribution in [0.15, 0.2) is 85.2 Å². The minimum Gasteiger partial charge on any atom is -0.369 e. The molecule has 0 saturated heterocycles. The molecule has 0 bridgehead atoms. The zero-order chi connectivity index (χ0) is 26.8. The van der Waals surface area contributed by atoms with Crippen LogP contribution in [0.1, 0.15) is 23.6 Å². The number of fused-ring (bicyclic) bond motifs is 2. The number of pyridine rings is 1. The van der Waals surface area contributed by atoms with Gasteiger partial charge < -0.3 is 15.5 Å². The predicted octanol–water partition coefficient (Wildman–Crippen LogP) is 5.25. The normalized spacial score (nSPS) is 15.3. The Morgan fingerprint density at radius 3 is 2.30 bits per heavy atom. The van der Waals surface area contributed by atoms with Gasteiger partial charge in [0.05, 0.1) is 30.3 Å². The Bertz CT molecular complexity index is 1530. The van der Waals surface area contributed by atoms with Crippen molar-refractivity contribution in [2.45, 2.75) is 26.8 Å². The Morgan fingerprint density at radius 2 is 1.60 bits per heavy atom. The van der Waals surface area contributed by atoms with Gasteiger partial charge in [0.25, 0.3) is 0 Å². The van der Waals surface area contributed by atoms with Crippen molar-refractivity contribution in [1.82, 2.24) is 4.98 Å². The number of primary amides is 1. The maximum absolute atomic E-state index is 14.2. The highest BCUT2D eigenvalue weighted by molar-refractivity contribution is 6.07. The molecule has 0 aliphatic carbocycles. The van der Waals surface area contributed by atoms with Crippen molar-refractivity contribution in [3.8, 4) is 0 Å². The largest absolute Gasteiger partial charge is 0.369 e. The van der Waals surface area contributed by atoms with Crippen LogP contribution in [-0.2, 0) is 27.3 Å². The van der Waals surface area contributed by atoms with E-state index in [1.165, 1.54) is 0 Å². The molecule has 40 heavy (non-hydrogen) atoms. The highest BCUT2D eigenvalue weighted by atomic mass is 35.5. The number of rotatable bonds is 6. The summed E-state index contributed by atoms with van der Waals surface area (Å²) in [5, 5.41) is 2.15. The first-order valence-corrected chi connectivity index (χ1v) is 12.7. The molecule has 2 heterocycles. The fourth-order valence-electron chi connectivity index (χ4n) is 5.17. The number of nitrogens with zero attached hydrogens (tertiary/aromatic N) is 3. The molecule has 4 aromatic rings. The number of hydrogen-bond donors (Lipinski definition) is 1. The first-order chi connectivity index (χ1) is 18.3. The summed E-state index contributed by atoms with van der Waals surface area (Å²) in [5.74, 6) is -2.52. The smallest absolute Gasteiger partial charge is 0.233 e. The fraction of sp³-hybridized carbons (Fsp3) is 0.226. The van der Waals surface area contributed by atoms with E-state index in [2.05, 4.69) is 23.2 Å². The molecule has 1 aliphatic heterocycles. The van der Waals surface area contributed by atoms with E-state index in [1.807, 2.05) is 49.4 Å². The van der Waals surface area contributed by atoms with Crippen LogP contribution >= 0.6 is 24.8 Å². The number of para-hydroxylation sites is 2. The third-order valence-corrected chi connectivity index (χ3v) is 7.47. The lowest BCUT2D eigenvalue weighted by molar-refractivity contribution is -0.131. The van der Waals surface area contributed by atoms with Crippen LogP contribution < -0.4 is 15.5 Å². The first-order valence-electron chi connectivity index (χ1n) is 12.7. The van der Waals surface area contributed by atoms with Crippen LogP contribution in [0.25, 0.3) is 10.8 Å². The molecule has 0 saturated carbocycles. The molecule has 3 amide bonds. The van der Waals surface area contributed by atoms with Crippen LogP contribution in [0.3, 0.4) is 0 Å². The van der Waals surface area contributed by atoms with E-state index in [0.717, 1.165) is 27.5 Å². The molecule has 3 aromatic carbocycles. The van der Waals surface area contributed by atoms with Gasteiger partial charge in [-0.3, -0.25) is 19.4 Å².